The summed E-state index contributed by atoms with van der Waals surface area (Å²) in [4.78, 5) is 17.6. The Labute approximate surface area is 159 Å². The summed E-state index contributed by atoms with van der Waals surface area (Å²) < 4.78 is 5.84. The lowest BCUT2D eigenvalue weighted by molar-refractivity contribution is -0.125. The van der Waals surface area contributed by atoms with Gasteiger partial charge in [0.1, 0.15) is 5.52 Å². The van der Waals surface area contributed by atoms with Crippen molar-refractivity contribution in [2.24, 2.45) is 16.7 Å². The Morgan fingerprint density at radius 3 is 2.48 bits per heavy atom. The molecule has 3 nitrogen and oxygen atoms in total. The van der Waals surface area contributed by atoms with Crippen LogP contribution in [0.25, 0.3) is 28.6 Å². The van der Waals surface area contributed by atoms with Gasteiger partial charge in [-0.05, 0) is 65.7 Å². The molecule has 2 aliphatic rings. The zero-order valence-electron chi connectivity index (χ0n) is 16.0. The summed E-state index contributed by atoms with van der Waals surface area (Å²) in [6.45, 7) is 6.64. The number of carbonyl (C=O) groups excluding carboxylic acids is 1. The van der Waals surface area contributed by atoms with Crippen LogP contribution in [0.4, 0.5) is 0 Å². The zero-order chi connectivity index (χ0) is 18.8. The molecule has 0 spiro atoms. The molecule has 2 bridgehead atoms. The average Bonchev–Trinajstić information content (AvgIpc) is 3.23. The predicted octanol–water partition coefficient (Wildman–Crippen LogP) is 5.90. The molecule has 5 rings (SSSR count). The number of oxazole rings is 1. The van der Waals surface area contributed by atoms with E-state index in [1.54, 1.807) is 0 Å². The van der Waals surface area contributed by atoms with Crippen LogP contribution in [-0.2, 0) is 4.79 Å². The number of nitrogens with zero attached hydrogens (tertiary/aromatic N) is 1. The predicted molar refractivity (Wildman–Crippen MR) is 107 cm³/mol. The minimum atomic E-state index is -0.207. The molecule has 0 N–H and O–H groups in total. The maximum absolute atomic E-state index is 13.0. The quantitative estimate of drug-likeness (QED) is 0.536. The van der Waals surface area contributed by atoms with E-state index >= 15 is 0 Å². The maximum Gasteiger partial charge on any atom is 0.227 e. The van der Waals surface area contributed by atoms with Gasteiger partial charge in [0.2, 0.25) is 5.89 Å². The maximum atomic E-state index is 13.0. The van der Waals surface area contributed by atoms with Crippen LogP contribution in [0.1, 0.15) is 39.2 Å². The number of allylic oxidation sites excluding steroid dienone is 1. The van der Waals surface area contributed by atoms with E-state index in [4.69, 9.17) is 4.42 Å². The second-order valence-corrected chi connectivity index (χ2v) is 8.68. The molecule has 2 saturated carbocycles. The van der Waals surface area contributed by atoms with Gasteiger partial charge in [-0.1, -0.05) is 45.0 Å². The first kappa shape index (κ1) is 16.5. The molecular weight excluding hydrogens is 334 g/mol. The molecule has 2 unspecified atom stereocenters. The van der Waals surface area contributed by atoms with Crippen molar-refractivity contribution in [1.29, 1.82) is 0 Å². The van der Waals surface area contributed by atoms with Crippen LogP contribution in [0.5, 0.6) is 0 Å². The first-order valence-electron chi connectivity index (χ1n) is 9.62. The third kappa shape index (κ3) is 2.21. The number of hydrogen-bond donors (Lipinski definition) is 0. The molecule has 0 saturated heterocycles. The first-order valence-corrected chi connectivity index (χ1v) is 9.62. The van der Waals surface area contributed by atoms with Gasteiger partial charge in [0.25, 0.3) is 0 Å². The molecule has 3 heteroatoms. The van der Waals surface area contributed by atoms with E-state index in [2.05, 4.69) is 31.8 Å². The lowest BCUT2D eigenvalue weighted by Crippen LogP contribution is -2.32. The largest absolute Gasteiger partial charge is 0.436 e. The molecule has 1 aromatic heterocycles. The van der Waals surface area contributed by atoms with Crippen molar-refractivity contribution in [2.45, 2.75) is 33.6 Å². The molecule has 27 heavy (non-hydrogen) atoms. The minimum absolute atomic E-state index is 0.0497. The summed E-state index contributed by atoms with van der Waals surface area (Å²) in [6, 6.07) is 15.9. The van der Waals surface area contributed by atoms with Crippen LogP contribution in [0.3, 0.4) is 0 Å². The molecule has 2 aliphatic carbocycles. The lowest BCUT2D eigenvalue weighted by atomic mass is 9.70. The number of rotatable bonds is 2. The number of benzene rings is 2. The third-order valence-electron chi connectivity index (χ3n) is 7.14. The molecule has 2 atom stereocenters. The molecule has 0 radical (unpaired) electrons. The Hall–Kier alpha value is -2.68. The first-order chi connectivity index (χ1) is 12.9. The van der Waals surface area contributed by atoms with Gasteiger partial charge in [-0.25, -0.2) is 4.98 Å². The van der Waals surface area contributed by atoms with Gasteiger partial charge in [0.05, 0.1) is 0 Å². The molecule has 0 amide bonds. The molecule has 2 aromatic carbocycles. The summed E-state index contributed by atoms with van der Waals surface area (Å²) in [7, 11) is 0. The van der Waals surface area contributed by atoms with E-state index < -0.39 is 0 Å². The van der Waals surface area contributed by atoms with Crippen molar-refractivity contribution in [3.05, 3.63) is 59.7 Å². The van der Waals surface area contributed by atoms with Crippen molar-refractivity contribution in [3.8, 4) is 11.5 Å². The highest BCUT2D eigenvalue weighted by Gasteiger charge is 2.63. The summed E-state index contributed by atoms with van der Waals surface area (Å²) in [5.74, 6) is 1.33. The number of Topliss-reactive ketones (excluding diaryl/α,β-unsaturated/α-hetero) is 1. The van der Waals surface area contributed by atoms with Gasteiger partial charge in [-0.15, -0.1) is 0 Å². The Morgan fingerprint density at radius 2 is 1.81 bits per heavy atom. The topological polar surface area (TPSA) is 43.1 Å². The van der Waals surface area contributed by atoms with Crippen LogP contribution in [-0.4, -0.2) is 10.8 Å². The Kier molecular flexibility index (Phi) is 3.31. The number of ketones is 1. The van der Waals surface area contributed by atoms with Gasteiger partial charge in [0.15, 0.2) is 11.4 Å². The summed E-state index contributed by atoms with van der Waals surface area (Å²) in [6.07, 6.45) is 4.22. The molecule has 0 aliphatic heterocycles. The molecule has 2 fully saturated rings. The van der Waals surface area contributed by atoms with E-state index in [-0.39, 0.29) is 10.8 Å². The van der Waals surface area contributed by atoms with Crippen LogP contribution in [0, 0.1) is 16.7 Å². The fraction of sp³-hybridized carbons (Fsp3) is 0.333. The van der Waals surface area contributed by atoms with E-state index in [1.165, 1.54) is 0 Å². The third-order valence-corrected chi connectivity index (χ3v) is 7.14. The summed E-state index contributed by atoms with van der Waals surface area (Å²) in [5, 5.41) is 0. The van der Waals surface area contributed by atoms with Crippen LogP contribution >= 0.6 is 0 Å². The van der Waals surface area contributed by atoms with Crippen LogP contribution < -0.4 is 0 Å². The average molecular weight is 357 g/mol. The Balaban J connectivity index is 1.48. The van der Waals surface area contributed by atoms with Crippen molar-refractivity contribution in [1.82, 2.24) is 4.98 Å². The molecule has 3 aromatic rings. The van der Waals surface area contributed by atoms with Gasteiger partial charge >= 0.3 is 0 Å². The second kappa shape index (κ2) is 5.41. The van der Waals surface area contributed by atoms with Crippen LogP contribution in [0.2, 0.25) is 0 Å². The van der Waals surface area contributed by atoms with Crippen molar-refractivity contribution in [2.75, 3.05) is 0 Å². The highest BCUT2D eigenvalue weighted by Crippen LogP contribution is 2.65. The number of fused-ring (bicyclic) bond motifs is 3. The number of para-hydroxylation sites is 2. The Bertz CT molecular complexity index is 1050. The Morgan fingerprint density at radius 1 is 1.07 bits per heavy atom. The van der Waals surface area contributed by atoms with E-state index in [9.17, 15) is 4.79 Å². The standard InChI is InChI=1S/C24H23NO2/c1-23(2)18-12-13-24(23,3)21(26)17(18)14-15-8-10-16(11-9-15)22-25-19-6-4-5-7-20(19)27-22/h4-11,14,18H,12-13H2,1-3H3/b17-14-. The summed E-state index contributed by atoms with van der Waals surface area (Å²) >= 11 is 0. The van der Waals surface area contributed by atoms with Crippen LogP contribution in [0.15, 0.2) is 58.5 Å². The number of carbonyl (C=O) groups is 1. The minimum Gasteiger partial charge on any atom is -0.436 e. The molecule has 136 valence electrons. The van der Waals surface area contributed by atoms with Crippen molar-refractivity contribution < 1.29 is 9.21 Å². The molecule has 1 heterocycles. The van der Waals surface area contributed by atoms with Gasteiger partial charge < -0.3 is 4.42 Å². The fourth-order valence-electron chi connectivity index (χ4n) is 4.99. The van der Waals surface area contributed by atoms with Gasteiger partial charge in [0, 0.05) is 11.0 Å². The van der Waals surface area contributed by atoms with E-state index in [1.807, 2.05) is 48.5 Å². The molecular formula is C24H23NO2. The van der Waals surface area contributed by atoms with Gasteiger partial charge in [-0.3, -0.25) is 4.79 Å². The number of hydrogen-bond acceptors (Lipinski definition) is 3. The van der Waals surface area contributed by atoms with E-state index in [0.717, 1.165) is 40.6 Å². The monoisotopic (exact) mass is 357 g/mol. The number of aromatic nitrogens is 1. The van der Waals surface area contributed by atoms with Crippen molar-refractivity contribution >= 4 is 23.0 Å². The highest BCUT2D eigenvalue weighted by molar-refractivity contribution is 6.08. The second-order valence-electron chi connectivity index (χ2n) is 8.68. The fourth-order valence-corrected chi connectivity index (χ4v) is 4.99. The van der Waals surface area contributed by atoms with Crippen molar-refractivity contribution in [3.63, 3.8) is 0 Å². The zero-order valence-corrected chi connectivity index (χ0v) is 16.0. The lowest BCUT2D eigenvalue weighted by Gasteiger charge is -2.31. The summed E-state index contributed by atoms with van der Waals surface area (Å²) in [5.41, 5.74) is 4.51. The highest BCUT2D eigenvalue weighted by atomic mass is 16.3. The van der Waals surface area contributed by atoms with E-state index in [0.29, 0.717) is 17.6 Å². The SMILES string of the molecule is CC12CCC(/C(=C/c3ccc(-c4nc5ccccc5o4)cc3)C1=O)C2(C)C. The smallest absolute Gasteiger partial charge is 0.227 e. The normalized spacial score (nSPS) is 27.7. The van der Waals surface area contributed by atoms with Gasteiger partial charge in [-0.2, -0.15) is 0 Å².